The number of thiocarbonyl (C=S) groups is 1. The highest BCUT2D eigenvalue weighted by Gasteiger charge is 2.40. The fourth-order valence-corrected chi connectivity index (χ4v) is 2.51. The fourth-order valence-electron chi connectivity index (χ4n) is 1.67. The largest absolute Gasteiger partial charge is 0.369 e. The third-order valence-electron chi connectivity index (χ3n) is 2.56. The number of rotatable bonds is 1. The topological polar surface area (TPSA) is 46.9 Å². The van der Waals surface area contributed by atoms with Crippen molar-refractivity contribution in [3.63, 3.8) is 0 Å². The number of anilines is 1. The van der Waals surface area contributed by atoms with Crippen LogP contribution in [0.5, 0.6) is 0 Å². The Balaban J connectivity index is 2.43. The van der Waals surface area contributed by atoms with E-state index in [4.69, 9.17) is 35.4 Å². The predicted octanol–water partition coefficient (Wildman–Crippen LogP) is 1.67. The van der Waals surface area contributed by atoms with Crippen molar-refractivity contribution in [3.8, 4) is 0 Å². The molecule has 1 aromatic rings. The number of aliphatic hydroxyl groups excluding tert-OH is 2. The molecule has 2 unspecified atom stereocenters. The summed E-state index contributed by atoms with van der Waals surface area (Å²) in [6, 6.07) is 4.82. The molecular formula is C10H10Cl2N2O2S. The summed E-state index contributed by atoms with van der Waals surface area (Å²) in [5.74, 6) is 0. The van der Waals surface area contributed by atoms with Crippen molar-refractivity contribution in [1.29, 1.82) is 0 Å². The lowest BCUT2D eigenvalue weighted by atomic mass is 10.3. The lowest BCUT2D eigenvalue weighted by Crippen LogP contribution is -2.36. The maximum Gasteiger partial charge on any atom is 0.180 e. The molecule has 4 nitrogen and oxygen atoms in total. The molecule has 7 heteroatoms. The van der Waals surface area contributed by atoms with Crippen LogP contribution in [0, 0.1) is 0 Å². The molecule has 1 fully saturated rings. The molecule has 0 saturated carbocycles. The zero-order chi connectivity index (χ0) is 12.7. The fraction of sp³-hybridized carbons (Fsp3) is 0.300. The summed E-state index contributed by atoms with van der Waals surface area (Å²) in [5.41, 5.74) is 0.545. The second-order valence-electron chi connectivity index (χ2n) is 3.72. The van der Waals surface area contributed by atoms with Crippen LogP contribution in [0.25, 0.3) is 0 Å². The van der Waals surface area contributed by atoms with Crippen LogP contribution < -0.4 is 4.90 Å². The molecule has 92 valence electrons. The van der Waals surface area contributed by atoms with Gasteiger partial charge in [-0.2, -0.15) is 0 Å². The molecule has 1 aliphatic heterocycles. The normalized spacial score (nSPS) is 24.6. The molecule has 1 saturated heterocycles. The van der Waals surface area contributed by atoms with Crippen molar-refractivity contribution < 1.29 is 10.2 Å². The highest BCUT2D eigenvalue weighted by Crippen LogP contribution is 2.31. The van der Waals surface area contributed by atoms with E-state index < -0.39 is 12.5 Å². The lowest BCUT2D eigenvalue weighted by molar-refractivity contribution is -0.0154. The van der Waals surface area contributed by atoms with Gasteiger partial charge in [-0.25, -0.2) is 0 Å². The van der Waals surface area contributed by atoms with Gasteiger partial charge < -0.3 is 15.1 Å². The first-order valence-corrected chi connectivity index (χ1v) is 5.96. The van der Waals surface area contributed by atoms with Crippen LogP contribution in [-0.4, -0.2) is 39.7 Å². The summed E-state index contributed by atoms with van der Waals surface area (Å²) in [7, 11) is 1.60. The molecule has 0 aliphatic carbocycles. The van der Waals surface area contributed by atoms with E-state index >= 15 is 0 Å². The second-order valence-corrected chi connectivity index (χ2v) is 4.96. The SMILES string of the molecule is CN1C(=S)N(c2cc(Cl)cc(Cl)c2)C(O)C1O. The average molecular weight is 293 g/mol. The number of likely N-dealkylation sites (N-methyl/N-ethyl adjacent to an activating group) is 1. The summed E-state index contributed by atoms with van der Waals surface area (Å²) in [6.07, 6.45) is -2.21. The third-order valence-corrected chi connectivity index (χ3v) is 3.48. The van der Waals surface area contributed by atoms with E-state index in [0.717, 1.165) is 0 Å². The predicted molar refractivity (Wildman–Crippen MR) is 71.3 cm³/mol. The molecule has 0 bridgehead atoms. The van der Waals surface area contributed by atoms with Gasteiger partial charge >= 0.3 is 0 Å². The number of halogens is 2. The Morgan fingerprint density at radius 3 is 2.06 bits per heavy atom. The Hall–Kier alpha value is -0.590. The number of aliphatic hydroxyl groups is 2. The number of hydrogen-bond acceptors (Lipinski definition) is 3. The van der Waals surface area contributed by atoms with Gasteiger partial charge in [-0.3, -0.25) is 4.90 Å². The zero-order valence-electron chi connectivity index (χ0n) is 8.84. The summed E-state index contributed by atoms with van der Waals surface area (Å²) in [4.78, 5) is 2.80. The maximum absolute atomic E-state index is 9.89. The van der Waals surface area contributed by atoms with E-state index in [2.05, 4.69) is 0 Å². The van der Waals surface area contributed by atoms with Gasteiger partial charge in [0.2, 0.25) is 0 Å². The van der Waals surface area contributed by atoms with E-state index in [9.17, 15) is 10.2 Å². The smallest absolute Gasteiger partial charge is 0.180 e. The molecule has 0 aromatic heterocycles. The first-order valence-electron chi connectivity index (χ1n) is 4.80. The molecule has 2 rings (SSSR count). The Bertz CT molecular complexity index is 451. The zero-order valence-corrected chi connectivity index (χ0v) is 11.2. The lowest BCUT2D eigenvalue weighted by Gasteiger charge is -2.21. The summed E-state index contributed by atoms with van der Waals surface area (Å²) in [5, 5.41) is 20.8. The van der Waals surface area contributed by atoms with E-state index in [-0.39, 0.29) is 0 Å². The molecular weight excluding hydrogens is 283 g/mol. The van der Waals surface area contributed by atoms with Crippen molar-refractivity contribution in [3.05, 3.63) is 28.2 Å². The number of nitrogens with zero attached hydrogens (tertiary/aromatic N) is 2. The molecule has 17 heavy (non-hydrogen) atoms. The van der Waals surface area contributed by atoms with Crippen molar-refractivity contribution >= 4 is 46.2 Å². The second kappa shape index (κ2) is 4.59. The summed E-state index contributed by atoms with van der Waals surface area (Å²) in [6.45, 7) is 0. The Morgan fingerprint density at radius 2 is 1.65 bits per heavy atom. The van der Waals surface area contributed by atoms with Crippen LogP contribution in [-0.2, 0) is 0 Å². The van der Waals surface area contributed by atoms with E-state index in [1.807, 2.05) is 0 Å². The third kappa shape index (κ3) is 2.21. The van der Waals surface area contributed by atoms with Crippen molar-refractivity contribution in [1.82, 2.24) is 4.90 Å². The molecule has 2 N–H and O–H groups in total. The van der Waals surface area contributed by atoms with Gasteiger partial charge in [0.1, 0.15) is 0 Å². The van der Waals surface area contributed by atoms with Gasteiger partial charge in [-0.15, -0.1) is 0 Å². The van der Waals surface area contributed by atoms with Crippen LogP contribution in [0.1, 0.15) is 0 Å². The quantitative estimate of drug-likeness (QED) is 0.771. The average Bonchev–Trinajstić information content (AvgIpc) is 2.42. The molecule has 0 spiro atoms. The van der Waals surface area contributed by atoms with Crippen molar-refractivity contribution in [2.24, 2.45) is 0 Å². The van der Waals surface area contributed by atoms with Crippen LogP contribution in [0.2, 0.25) is 10.0 Å². The van der Waals surface area contributed by atoms with Gasteiger partial charge in [-0.1, -0.05) is 23.2 Å². The molecule has 1 aliphatic rings. The van der Waals surface area contributed by atoms with Gasteiger partial charge in [0.15, 0.2) is 17.6 Å². The monoisotopic (exact) mass is 292 g/mol. The van der Waals surface area contributed by atoms with Crippen LogP contribution in [0.4, 0.5) is 5.69 Å². The van der Waals surface area contributed by atoms with Crippen molar-refractivity contribution in [2.45, 2.75) is 12.5 Å². The minimum Gasteiger partial charge on any atom is -0.369 e. The minimum absolute atomic E-state index is 0.309. The molecule has 0 amide bonds. The van der Waals surface area contributed by atoms with E-state index in [1.165, 1.54) is 9.80 Å². The van der Waals surface area contributed by atoms with Gasteiger partial charge in [-0.05, 0) is 30.4 Å². The van der Waals surface area contributed by atoms with Crippen LogP contribution >= 0.6 is 35.4 Å². The number of benzene rings is 1. The first-order chi connectivity index (χ1) is 7.91. The Labute approximate surface area is 114 Å². The van der Waals surface area contributed by atoms with Gasteiger partial charge in [0, 0.05) is 22.8 Å². The van der Waals surface area contributed by atoms with Gasteiger partial charge in [0.05, 0.1) is 0 Å². The van der Waals surface area contributed by atoms with Gasteiger partial charge in [0.25, 0.3) is 0 Å². The molecule has 0 radical (unpaired) electrons. The number of hydrogen-bond donors (Lipinski definition) is 2. The molecule has 1 heterocycles. The van der Waals surface area contributed by atoms with Crippen molar-refractivity contribution in [2.75, 3.05) is 11.9 Å². The first kappa shape index (κ1) is 12.9. The Morgan fingerprint density at radius 1 is 1.12 bits per heavy atom. The van der Waals surface area contributed by atoms with E-state index in [1.54, 1.807) is 25.2 Å². The summed E-state index contributed by atoms with van der Waals surface area (Å²) >= 11 is 16.9. The maximum atomic E-state index is 9.89. The molecule has 1 aromatic carbocycles. The Kier molecular flexibility index (Phi) is 3.47. The van der Waals surface area contributed by atoms with Crippen LogP contribution in [0.15, 0.2) is 18.2 Å². The minimum atomic E-state index is -1.14. The molecule has 2 atom stereocenters. The standard InChI is InChI=1S/C10H10Cl2N2O2S/c1-13-8(15)9(16)14(10(13)17)7-3-5(11)2-6(12)4-7/h2-4,8-9,15-16H,1H3. The van der Waals surface area contributed by atoms with E-state index in [0.29, 0.717) is 20.8 Å². The highest BCUT2D eigenvalue weighted by atomic mass is 35.5. The summed E-state index contributed by atoms with van der Waals surface area (Å²) < 4.78 is 0. The van der Waals surface area contributed by atoms with Crippen LogP contribution in [0.3, 0.4) is 0 Å². The highest BCUT2D eigenvalue weighted by molar-refractivity contribution is 7.80.